The zero-order valence-corrected chi connectivity index (χ0v) is 16.7. The summed E-state index contributed by atoms with van der Waals surface area (Å²) < 4.78 is 24.3. The summed E-state index contributed by atoms with van der Waals surface area (Å²) in [6.07, 6.45) is 6.59. The van der Waals surface area contributed by atoms with Crippen molar-refractivity contribution >= 4 is 32.7 Å². The van der Waals surface area contributed by atoms with Gasteiger partial charge in [0.15, 0.2) is 15.0 Å². The summed E-state index contributed by atoms with van der Waals surface area (Å²) in [5.74, 6) is 1.87. The number of fused-ring (bicyclic) bond motifs is 3. The highest BCUT2D eigenvalue weighted by Gasteiger charge is 2.54. The largest absolute Gasteiger partial charge is 0.343 e. The molecule has 4 rings (SSSR count). The van der Waals surface area contributed by atoms with Crippen LogP contribution in [0.4, 0.5) is 0 Å². The van der Waals surface area contributed by atoms with Crippen LogP contribution >= 0.6 is 11.8 Å². The Morgan fingerprint density at radius 1 is 1.20 bits per heavy atom. The topological polar surface area (TPSA) is 66.8 Å². The highest BCUT2D eigenvalue weighted by molar-refractivity contribution is 8.15. The van der Waals surface area contributed by atoms with Gasteiger partial charge in [0.1, 0.15) is 0 Å². The summed E-state index contributed by atoms with van der Waals surface area (Å²) in [6, 6.07) is 0.412. The maximum absolute atomic E-state index is 12.6. The molecule has 5 nitrogen and oxygen atoms in total. The summed E-state index contributed by atoms with van der Waals surface area (Å²) in [6.45, 7) is 4.06. The standard InChI is InChI=1S/C18H28N2O3S2/c1-3-12(4-2)17(21)19-18-20(14-8-11-5-6-13(14)7-11)15-9-25(22,23)10-16(15)24-18/h11-16H,3-10H2,1-2H3/t11-,13-,14-,15-,16-/m1/s1. The number of nitrogens with zero attached hydrogens (tertiary/aromatic N) is 2. The lowest BCUT2D eigenvalue weighted by atomic mass is 9.93. The average Bonchev–Trinajstić information content (AvgIpc) is 3.27. The first-order valence-electron chi connectivity index (χ1n) is 9.69. The molecule has 2 aliphatic carbocycles. The van der Waals surface area contributed by atoms with E-state index in [2.05, 4.69) is 9.89 Å². The van der Waals surface area contributed by atoms with Crippen LogP contribution in [0.2, 0.25) is 0 Å². The van der Waals surface area contributed by atoms with Gasteiger partial charge in [-0.15, -0.1) is 0 Å². The van der Waals surface area contributed by atoms with Gasteiger partial charge in [0.25, 0.3) is 5.91 Å². The van der Waals surface area contributed by atoms with E-state index in [0.717, 1.165) is 30.3 Å². The second-order valence-electron chi connectivity index (χ2n) is 8.20. The Balaban J connectivity index is 1.63. The van der Waals surface area contributed by atoms with Crippen LogP contribution in [0.25, 0.3) is 0 Å². The molecule has 0 N–H and O–H groups in total. The van der Waals surface area contributed by atoms with E-state index in [0.29, 0.717) is 12.0 Å². The van der Waals surface area contributed by atoms with E-state index in [4.69, 9.17) is 0 Å². The minimum Gasteiger partial charge on any atom is -0.343 e. The number of thioether (sulfide) groups is 1. The predicted octanol–water partition coefficient (Wildman–Crippen LogP) is 2.71. The van der Waals surface area contributed by atoms with Crippen LogP contribution in [-0.4, -0.2) is 53.2 Å². The first-order valence-corrected chi connectivity index (χ1v) is 12.4. The van der Waals surface area contributed by atoms with Gasteiger partial charge in [0, 0.05) is 17.2 Å². The zero-order valence-electron chi connectivity index (χ0n) is 15.1. The molecule has 2 saturated heterocycles. The molecule has 4 aliphatic rings. The fourth-order valence-corrected chi connectivity index (χ4v) is 9.33. The summed E-state index contributed by atoms with van der Waals surface area (Å²) in [7, 11) is -2.96. The minimum absolute atomic E-state index is 0.0147. The van der Waals surface area contributed by atoms with Gasteiger partial charge >= 0.3 is 0 Å². The molecule has 0 aromatic rings. The van der Waals surface area contributed by atoms with Crippen LogP contribution in [0.3, 0.4) is 0 Å². The summed E-state index contributed by atoms with van der Waals surface area (Å²) in [5.41, 5.74) is 0. The maximum Gasteiger partial charge on any atom is 0.251 e. The van der Waals surface area contributed by atoms with Crippen molar-refractivity contribution in [3.05, 3.63) is 0 Å². The number of aliphatic imine (C=N–C) groups is 1. The third-order valence-electron chi connectivity index (χ3n) is 6.71. The Morgan fingerprint density at radius 3 is 2.56 bits per heavy atom. The van der Waals surface area contributed by atoms with Crippen molar-refractivity contribution in [1.82, 2.24) is 4.90 Å². The molecule has 2 bridgehead atoms. The van der Waals surface area contributed by atoms with Gasteiger partial charge in [0.2, 0.25) is 0 Å². The number of carbonyl (C=O) groups is 1. The van der Waals surface area contributed by atoms with E-state index < -0.39 is 9.84 Å². The minimum atomic E-state index is -2.96. The van der Waals surface area contributed by atoms with Crippen molar-refractivity contribution in [2.24, 2.45) is 22.7 Å². The SMILES string of the molecule is CCC(CC)C(=O)N=C1S[C@@H]2CS(=O)(=O)C[C@H]2N1[C@@H]1C[C@@H]2CC[C@@H]1C2. The lowest BCUT2D eigenvalue weighted by Crippen LogP contribution is -2.47. The molecule has 0 radical (unpaired) electrons. The lowest BCUT2D eigenvalue weighted by Gasteiger charge is -2.36. The first-order chi connectivity index (χ1) is 11.9. The van der Waals surface area contributed by atoms with Crippen LogP contribution in [0.5, 0.6) is 0 Å². The second kappa shape index (κ2) is 6.55. The second-order valence-corrected chi connectivity index (χ2v) is 11.6. The molecule has 5 atom stereocenters. The third-order valence-corrected chi connectivity index (χ3v) is 9.93. The maximum atomic E-state index is 12.6. The number of hydrogen-bond acceptors (Lipinski definition) is 4. The number of carbonyl (C=O) groups excluding carboxylic acids is 1. The van der Waals surface area contributed by atoms with E-state index >= 15 is 0 Å². The number of hydrogen-bond donors (Lipinski definition) is 0. The number of amidine groups is 1. The van der Waals surface area contributed by atoms with E-state index in [1.807, 2.05) is 13.8 Å². The average molecular weight is 385 g/mol. The van der Waals surface area contributed by atoms with Gasteiger partial charge in [-0.1, -0.05) is 32.0 Å². The number of rotatable bonds is 4. The van der Waals surface area contributed by atoms with E-state index in [-0.39, 0.29) is 34.6 Å². The molecule has 2 heterocycles. The molecular formula is C18H28N2O3S2. The van der Waals surface area contributed by atoms with E-state index in [9.17, 15) is 13.2 Å². The van der Waals surface area contributed by atoms with Gasteiger partial charge in [-0.2, -0.15) is 4.99 Å². The van der Waals surface area contributed by atoms with Crippen LogP contribution in [0.1, 0.15) is 52.4 Å². The first kappa shape index (κ1) is 17.8. The highest BCUT2D eigenvalue weighted by Crippen LogP contribution is 2.51. The molecule has 0 unspecified atom stereocenters. The molecule has 7 heteroatoms. The Hall–Kier alpha value is -0.560. The van der Waals surface area contributed by atoms with E-state index in [1.54, 1.807) is 11.8 Å². The van der Waals surface area contributed by atoms with Crippen molar-refractivity contribution < 1.29 is 13.2 Å². The van der Waals surface area contributed by atoms with E-state index in [1.165, 1.54) is 19.3 Å². The zero-order chi connectivity index (χ0) is 17.8. The Morgan fingerprint density at radius 2 is 1.96 bits per heavy atom. The van der Waals surface area contributed by atoms with Crippen molar-refractivity contribution in [3.63, 3.8) is 0 Å². The van der Waals surface area contributed by atoms with Crippen molar-refractivity contribution in [1.29, 1.82) is 0 Å². The predicted molar refractivity (Wildman–Crippen MR) is 101 cm³/mol. The summed E-state index contributed by atoms with van der Waals surface area (Å²) >= 11 is 1.55. The lowest BCUT2D eigenvalue weighted by molar-refractivity contribution is -0.121. The van der Waals surface area contributed by atoms with Gasteiger partial charge in [-0.05, 0) is 43.9 Å². The van der Waals surface area contributed by atoms with Crippen molar-refractivity contribution in [2.75, 3.05) is 11.5 Å². The quantitative estimate of drug-likeness (QED) is 0.745. The molecule has 2 saturated carbocycles. The highest BCUT2D eigenvalue weighted by atomic mass is 32.2. The fourth-order valence-electron chi connectivity index (χ4n) is 5.35. The normalized spacial score (nSPS) is 40.4. The van der Waals surface area contributed by atoms with Crippen LogP contribution in [0.15, 0.2) is 4.99 Å². The third kappa shape index (κ3) is 3.15. The molecule has 1 amide bonds. The van der Waals surface area contributed by atoms with Gasteiger partial charge in [-0.3, -0.25) is 4.79 Å². The Kier molecular flexibility index (Phi) is 4.67. The van der Waals surface area contributed by atoms with Crippen LogP contribution < -0.4 is 0 Å². The Bertz CT molecular complexity index is 686. The van der Waals surface area contributed by atoms with Gasteiger partial charge in [-0.25, -0.2) is 8.42 Å². The number of sulfone groups is 1. The fraction of sp³-hybridized carbons (Fsp3) is 0.889. The molecular weight excluding hydrogens is 356 g/mol. The molecule has 4 fully saturated rings. The number of amides is 1. The van der Waals surface area contributed by atoms with Crippen molar-refractivity contribution in [3.8, 4) is 0 Å². The molecule has 25 heavy (non-hydrogen) atoms. The molecule has 140 valence electrons. The van der Waals surface area contributed by atoms with Crippen LogP contribution in [-0.2, 0) is 14.6 Å². The summed E-state index contributed by atoms with van der Waals surface area (Å²) in [5, 5.41) is 0.872. The summed E-state index contributed by atoms with van der Waals surface area (Å²) in [4.78, 5) is 19.4. The molecule has 0 aromatic carbocycles. The van der Waals surface area contributed by atoms with Gasteiger partial charge < -0.3 is 4.90 Å². The molecule has 0 spiro atoms. The van der Waals surface area contributed by atoms with Crippen LogP contribution in [0, 0.1) is 17.8 Å². The van der Waals surface area contributed by atoms with Gasteiger partial charge in [0.05, 0.1) is 17.5 Å². The monoisotopic (exact) mass is 384 g/mol. The van der Waals surface area contributed by atoms with Crippen molar-refractivity contribution in [2.45, 2.75) is 69.7 Å². The smallest absolute Gasteiger partial charge is 0.251 e. The Labute approximate surface area is 154 Å². The molecule has 2 aliphatic heterocycles. The molecule has 0 aromatic heterocycles.